The average Bonchev–Trinajstić information content (AvgIpc) is 2.41. The van der Waals surface area contributed by atoms with Crippen LogP contribution in [0.2, 0.25) is 0 Å². The van der Waals surface area contributed by atoms with Gasteiger partial charge >= 0.3 is 0 Å². The number of hydrogen-bond acceptors (Lipinski definition) is 3. The molecule has 3 heteroatoms. The SMILES string of the molecule is Cc1ncnc(-c2ccc(C(C)N(C)C)cc2)c1C. The molecule has 2 aromatic rings. The van der Waals surface area contributed by atoms with Crippen molar-refractivity contribution in [3.63, 3.8) is 0 Å². The Bertz CT molecular complexity index is 559. The lowest BCUT2D eigenvalue weighted by Gasteiger charge is -2.20. The van der Waals surface area contributed by atoms with Crippen LogP contribution in [-0.4, -0.2) is 29.0 Å². The van der Waals surface area contributed by atoms with Crippen molar-refractivity contribution < 1.29 is 0 Å². The lowest BCUT2D eigenvalue weighted by Crippen LogP contribution is -2.16. The fourth-order valence-corrected chi connectivity index (χ4v) is 2.05. The molecule has 0 saturated carbocycles. The molecule has 0 bridgehead atoms. The third kappa shape index (κ3) is 2.82. The first-order valence-electron chi connectivity index (χ1n) is 6.55. The normalized spacial score (nSPS) is 12.7. The second kappa shape index (κ2) is 5.49. The highest BCUT2D eigenvalue weighted by Gasteiger charge is 2.09. The quantitative estimate of drug-likeness (QED) is 0.842. The molecule has 0 radical (unpaired) electrons. The summed E-state index contributed by atoms with van der Waals surface area (Å²) in [5.41, 5.74) is 5.68. The van der Waals surface area contributed by atoms with Crippen LogP contribution in [0.15, 0.2) is 30.6 Å². The summed E-state index contributed by atoms with van der Waals surface area (Å²) in [6, 6.07) is 9.06. The van der Waals surface area contributed by atoms with Crippen molar-refractivity contribution in [3.8, 4) is 11.3 Å². The number of benzene rings is 1. The number of nitrogens with zero attached hydrogens (tertiary/aromatic N) is 3. The Hall–Kier alpha value is -1.74. The zero-order valence-corrected chi connectivity index (χ0v) is 12.3. The predicted molar refractivity (Wildman–Crippen MR) is 79.0 cm³/mol. The molecule has 0 aliphatic rings. The summed E-state index contributed by atoms with van der Waals surface area (Å²) in [5, 5.41) is 0. The summed E-state index contributed by atoms with van der Waals surface area (Å²) in [4.78, 5) is 10.8. The molecule has 0 aliphatic carbocycles. The van der Waals surface area contributed by atoms with Gasteiger partial charge in [-0.1, -0.05) is 24.3 Å². The summed E-state index contributed by atoms with van der Waals surface area (Å²) in [7, 11) is 4.19. The van der Waals surface area contributed by atoms with Gasteiger partial charge in [0.2, 0.25) is 0 Å². The van der Waals surface area contributed by atoms with Gasteiger partial charge in [0.1, 0.15) is 6.33 Å². The predicted octanol–water partition coefficient (Wildman–Crippen LogP) is 3.38. The molecule has 0 N–H and O–H groups in total. The molecular weight excluding hydrogens is 234 g/mol. The average molecular weight is 255 g/mol. The summed E-state index contributed by atoms with van der Waals surface area (Å²) in [5.74, 6) is 0. The lowest BCUT2D eigenvalue weighted by atomic mass is 10.0. The van der Waals surface area contributed by atoms with E-state index in [9.17, 15) is 0 Å². The zero-order valence-electron chi connectivity index (χ0n) is 12.3. The number of hydrogen-bond donors (Lipinski definition) is 0. The third-order valence-corrected chi connectivity index (χ3v) is 3.78. The van der Waals surface area contributed by atoms with Crippen LogP contribution in [0.1, 0.15) is 29.8 Å². The van der Waals surface area contributed by atoms with Crippen LogP contribution in [-0.2, 0) is 0 Å². The van der Waals surface area contributed by atoms with Crippen LogP contribution in [0.4, 0.5) is 0 Å². The van der Waals surface area contributed by atoms with E-state index in [0.29, 0.717) is 6.04 Å². The maximum atomic E-state index is 4.40. The van der Waals surface area contributed by atoms with Gasteiger partial charge in [-0.3, -0.25) is 0 Å². The van der Waals surface area contributed by atoms with Crippen LogP contribution in [0, 0.1) is 13.8 Å². The minimum absolute atomic E-state index is 0.419. The van der Waals surface area contributed by atoms with Crippen molar-refractivity contribution in [1.29, 1.82) is 0 Å². The van der Waals surface area contributed by atoms with Crippen LogP contribution in [0.5, 0.6) is 0 Å². The molecule has 0 spiro atoms. The van der Waals surface area contributed by atoms with Gasteiger partial charge in [-0.2, -0.15) is 0 Å². The molecule has 19 heavy (non-hydrogen) atoms. The molecule has 100 valence electrons. The molecule has 1 aromatic carbocycles. The van der Waals surface area contributed by atoms with Gasteiger partial charge in [-0.15, -0.1) is 0 Å². The van der Waals surface area contributed by atoms with Crippen LogP contribution in [0.25, 0.3) is 11.3 Å². The second-order valence-corrected chi connectivity index (χ2v) is 5.19. The third-order valence-electron chi connectivity index (χ3n) is 3.78. The summed E-state index contributed by atoms with van der Waals surface area (Å²) >= 11 is 0. The topological polar surface area (TPSA) is 29.0 Å². The van der Waals surface area contributed by atoms with Crippen molar-refractivity contribution in [3.05, 3.63) is 47.4 Å². The molecule has 0 amide bonds. The monoisotopic (exact) mass is 255 g/mol. The molecule has 0 saturated heterocycles. The largest absolute Gasteiger partial charge is 0.303 e. The Kier molecular flexibility index (Phi) is 3.96. The van der Waals surface area contributed by atoms with E-state index in [0.717, 1.165) is 22.5 Å². The molecule has 0 fully saturated rings. The molecule has 0 aliphatic heterocycles. The maximum Gasteiger partial charge on any atom is 0.116 e. The van der Waals surface area contributed by atoms with Gasteiger partial charge in [-0.05, 0) is 46.0 Å². The standard InChI is InChI=1S/C16H21N3/c1-11-12(2)17-10-18-16(11)15-8-6-14(7-9-15)13(3)19(4)5/h6-10,13H,1-5H3. The minimum Gasteiger partial charge on any atom is -0.303 e. The molecule has 1 aromatic heterocycles. The van der Waals surface area contributed by atoms with Crippen LogP contribution >= 0.6 is 0 Å². The van der Waals surface area contributed by atoms with E-state index < -0.39 is 0 Å². The molecule has 1 heterocycles. The minimum atomic E-state index is 0.419. The van der Waals surface area contributed by atoms with Gasteiger partial charge < -0.3 is 4.90 Å². The maximum absolute atomic E-state index is 4.40. The van der Waals surface area contributed by atoms with Crippen LogP contribution in [0.3, 0.4) is 0 Å². The van der Waals surface area contributed by atoms with E-state index in [1.54, 1.807) is 6.33 Å². The van der Waals surface area contributed by atoms with Gasteiger partial charge in [0.25, 0.3) is 0 Å². The van der Waals surface area contributed by atoms with Gasteiger partial charge in [0.05, 0.1) is 5.69 Å². The Balaban J connectivity index is 2.35. The number of aryl methyl sites for hydroxylation is 1. The van der Waals surface area contributed by atoms with E-state index in [-0.39, 0.29) is 0 Å². The highest BCUT2D eigenvalue weighted by atomic mass is 15.1. The highest BCUT2D eigenvalue weighted by Crippen LogP contribution is 2.25. The molecule has 2 rings (SSSR count). The molecule has 1 atom stereocenters. The zero-order chi connectivity index (χ0) is 14.0. The first-order valence-corrected chi connectivity index (χ1v) is 6.55. The first kappa shape index (κ1) is 13.7. The van der Waals surface area contributed by atoms with E-state index in [1.807, 2.05) is 6.92 Å². The Morgan fingerprint density at radius 1 is 1.00 bits per heavy atom. The van der Waals surface area contributed by atoms with Crippen molar-refractivity contribution in [1.82, 2.24) is 14.9 Å². The van der Waals surface area contributed by atoms with E-state index in [4.69, 9.17) is 0 Å². The van der Waals surface area contributed by atoms with E-state index in [1.165, 1.54) is 5.56 Å². The summed E-state index contributed by atoms with van der Waals surface area (Å²) in [6.45, 7) is 6.29. The number of rotatable bonds is 3. The lowest BCUT2D eigenvalue weighted by molar-refractivity contribution is 0.321. The fourth-order valence-electron chi connectivity index (χ4n) is 2.05. The van der Waals surface area contributed by atoms with Crippen LogP contribution < -0.4 is 0 Å². The molecule has 3 nitrogen and oxygen atoms in total. The summed E-state index contributed by atoms with van der Waals surface area (Å²) < 4.78 is 0. The Morgan fingerprint density at radius 3 is 2.21 bits per heavy atom. The second-order valence-electron chi connectivity index (χ2n) is 5.19. The highest BCUT2D eigenvalue weighted by molar-refractivity contribution is 5.63. The molecular formula is C16H21N3. The van der Waals surface area contributed by atoms with E-state index >= 15 is 0 Å². The summed E-state index contributed by atoms with van der Waals surface area (Å²) in [6.07, 6.45) is 1.63. The van der Waals surface area contributed by atoms with Crippen molar-refractivity contribution in [2.24, 2.45) is 0 Å². The Morgan fingerprint density at radius 2 is 1.63 bits per heavy atom. The van der Waals surface area contributed by atoms with Gasteiger partial charge in [0, 0.05) is 17.3 Å². The van der Waals surface area contributed by atoms with Crippen molar-refractivity contribution in [2.45, 2.75) is 26.8 Å². The van der Waals surface area contributed by atoms with Crippen molar-refractivity contribution >= 4 is 0 Å². The first-order chi connectivity index (χ1) is 9.00. The van der Waals surface area contributed by atoms with E-state index in [2.05, 4.69) is 67.1 Å². The van der Waals surface area contributed by atoms with Crippen molar-refractivity contribution in [2.75, 3.05) is 14.1 Å². The number of aromatic nitrogens is 2. The Labute approximate surface area is 115 Å². The smallest absolute Gasteiger partial charge is 0.116 e. The fraction of sp³-hybridized carbons (Fsp3) is 0.375. The van der Waals surface area contributed by atoms with Gasteiger partial charge in [0.15, 0.2) is 0 Å². The molecule has 1 unspecified atom stereocenters. The van der Waals surface area contributed by atoms with Gasteiger partial charge in [-0.25, -0.2) is 9.97 Å².